The zero-order valence-electron chi connectivity index (χ0n) is 12.4. The molecule has 0 saturated carbocycles. The second kappa shape index (κ2) is 6.58. The molecule has 0 saturated heterocycles. The van der Waals surface area contributed by atoms with Gasteiger partial charge in [0.25, 0.3) is 0 Å². The molecule has 0 aliphatic heterocycles. The molecule has 0 fully saturated rings. The molecule has 0 spiro atoms. The number of ether oxygens (including phenoxy) is 1. The Morgan fingerprint density at radius 2 is 2.19 bits per heavy atom. The standard InChI is InChI=1S/C15H19N3O2S/c1-4-18(11-8-6-7-10(3)9-11)14-12(13(16)17-21-14)15(19)20-5-2/h6-9H,4-5H2,1-3H3,(H2,16,17). The summed E-state index contributed by atoms with van der Waals surface area (Å²) in [6.45, 7) is 6.84. The molecule has 0 radical (unpaired) electrons. The van der Waals surface area contributed by atoms with Crippen LogP contribution in [0.4, 0.5) is 16.5 Å². The van der Waals surface area contributed by atoms with E-state index >= 15 is 0 Å². The fourth-order valence-electron chi connectivity index (χ4n) is 2.11. The van der Waals surface area contributed by atoms with Crippen molar-refractivity contribution in [2.45, 2.75) is 20.8 Å². The summed E-state index contributed by atoms with van der Waals surface area (Å²) in [6.07, 6.45) is 0. The fraction of sp³-hybridized carbons (Fsp3) is 0.333. The van der Waals surface area contributed by atoms with Gasteiger partial charge in [0.2, 0.25) is 0 Å². The van der Waals surface area contributed by atoms with E-state index in [-0.39, 0.29) is 5.82 Å². The van der Waals surface area contributed by atoms with E-state index in [4.69, 9.17) is 10.5 Å². The van der Waals surface area contributed by atoms with Gasteiger partial charge in [0.05, 0.1) is 6.61 Å². The Morgan fingerprint density at radius 3 is 2.81 bits per heavy atom. The van der Waals surface area contributed by atoms with Gasteiger partial charge < -0.3 is 15.4 Å². The fourth-order valence-corrected chi connectivity index (χ4v) is 3.00. The maximum absolute atomic E-state index is 12.1. The van der Waals surface area contributed by atoms with Crippen LogP contribution in [0.25, 0.3) is 0 Å². The van der Waals surface area contributed by atoms with Crippen molar-refractivity contribution < 1.29 is 9.53 Å². The van der Waals surface area contributed by atoms with E-state index in [0.29, 0.717) is 18.7 Å². The van der Waals surface area contributed by atoms with E-state index in [0.717, 1.165) is 16.3 Å². The van der Waals surface area contributed by atoms with Crippen LogP contribution in [-0.2, 0) is 4.74 Å². The molecule has 1 aromatic carbocycles. The predicted molar refractivity (Wildman–Crippen MR) is 86.3 cm³/mol. The number of carbonyl (C=O) groups is 1. The highest BCUT2D eigenvalue weighted by Crippen LogP contribution is 2.36. The van der Waals surface area contributed by atoms with Crippen LogP contribution in [0.3, 0.4) is 0 Å². The highest BCUT2D eigenvalue weighted by atomic mass is 32.1. The Labute approximate surface area is 128 Å². The minimum absolute atomic E-state index is 0.222. The molecule has 0 bridgehead atoms. The quantitative estimate of drug-likeness (QED) is 0.858. The van der Waals surface area contributed by atoms with Gasteiger partial charge in [0.1, 0.15) is 10.6 Å². The summed E-state index contributed by atoms with van der Waals surface area (Å²) in [5, 5.41) is 0.721. The van der Waals surface area contributed by atoms with Crippen LogP contribution in [0.1, 0.15) is 29.8 Å². The molecular formula is C15H19N3O2S. The van der Waals surface area contributed by atoms with Crippen LogP contribution < -0.4 is 10.6 Å². The Balaban J connectivity index is 2.46. The lowest BCUT2D eigenvalue weighted by atomic mass is 10.2. The van der Waals surface area contributed by atoms with E-state index in [1.54, 1.807) is 6.92 Å². The van der Waals surface area contributed by atoms with E-state index in [1.165, 1.54) is 11.5 Å². The number of benzene rings is 1. The number of nitrogen functional groups attached to an aromatic ring is 1. The van der Waals surface area contributed by atoms with E-state index in [1.807, 2.05) is 36.9 Å². The second-order valence-corrected chi connectivity index (χ2v) is 5.30. The summed E-state index contributed by atoms with van der Waals surface area (Å²) in [5.41, 5.74) is 8.36. The van der Waals surface area contributed by atoms with Crippen molar-refractivity contribution in [3.05, 3.63) is 35.4 Å². The molecule has 2 aromatic rings. The lowest BCUT2D eigenvalue weighted by Crippen LogP contribution is -2.19. The van der Waals surface area contributed by atoms with Crippen molar-refractivity contribution >= 4 is 34.0 Å². The van der Waals surface area contributed by atoms with Gasteiger partial charge in [-0.3, -0.25) is 0 Å². The number of esters is 1. The van der Waals surface area contributed by atoms with Crippen molar-refractivity contribution in [3.8, 4) is 0 Å². The van der Waals surface area contributed by atoms with Gasteiger partial charge in [0.15, 0.2) is 5.82 Å². The van der Waals surface area contributed by atoms with Gasteiger partial charge >= 0.3 is 5.97 Å². The normalized spacial score (nSPS) is 10.4. The van der Waals surface area contributed by atoms with Crippen molar-refractivity contribution in [2.24, 2.45) is 0 Å². The van der Waals surface area contributed by atoms with Gasteiger partial charge in [-0.2, -0.15) is 4.37 Å². The third-order valence-electron chi connectivity index (χ3n) is 3.05. The number of hydrogen-bond donors (Lipinski definition) is 1. The van der Waals surface area contributed by atoms with Crippen molar-refractivity contribution in [3.63, 3.8) is 0 Å². The number of anilines is 3. The van der Waals surface area contributed by atoms with Gasteiger partial charge in [0, 0.05) is 12.2 Å². The number of carbonyl (C=O) groups excluding carboxylic acids is 1. The molecule has 0 unspecified atom stereocenters. The summed E-state index contributed by atoms with van der Waals surface area (Å²) < 4.78 is 9.20. The second-order valence-electron chi connectivity index (χ2n) is 4.55. The molecule has 5 nitrogen and oxygen atoms in total. The first-order chi connectivity index (χ1) is 10.1. The van der Waals surface area contributed by atoms with Crippen LogP contribution in [0.15, 0.2) is 24.3 Å². The number of nitrogens with zero attached hydrogens (tertiary/aromatic N) is 2. The van der Waals surface area contributed by atoms with Gasteiger partial charge in [-0.25, -0.2) is 4.79 Å². The summed E-state index contributed by atoms with van der Waals surface area (Å²) in [7, 11) is 0. The number of hydrogen-bond acceptors (Lipinski definition) is 6. The molecule has 1 heterocycles. The molecule has 21 heavy (non-hydrogen) atoms. The highest BCUT2D eigenvalue weighted by molar-refractivity contribution is 7.11. The highest BCUT2D eigenvalue weighted by Gasteiger charge is 2.24. The minimum atomic E-state index is -0.426. The van der Waals surface area contributed by atoms with Gasteiger partial charge in [-0.15, -0.1) is 0 Å². The Bertz CT molecular complexity index is 640. The van der Waals surface area contributed by atoms with Crippen LogP contribution >= 0.6 is 11.5 Å². The van der Waals surface area contributed by atoms with Crippen LogP contribution in [-0.4, -0.2) is 23.5 Å². The van der Waals surface area contributed by atoms with Crippen LogP contribution in [0.5, 0.6) is 0 Å². The zero-order chi connectivity index (χ0) is 15.4. The van der Waals surface area contributed by atoms with Crippen molar-refractivity contribution in [1.82, 2.24) is 4.37 Å². The summed E-state index contributed by atoms with van der Waals surface area (Å²) in [6, 6.07) is 8.09. The lowest BCUT2D eigenvalue weighted by molar-refractivity contribution is 0.0529. The Morgan fingerprint density at radius 1 is 1.43 bits per heavy atom. The van der Waals surface area contributed by atoms with Crippen molar-refractivity contribution in [2.75, 3.05) is 23.8 Å². The topological polar surface area (TPSA) is 68.5 Å². The summed E-state index contributed by atoms with van der Waals surface area (Å²) in [4.78, 5) is 14.1. The molecule has 112 valence electrons. The smallest absolute Gasteiger partial charge is 0.345 e. The van der Waals surface area contributed by atoms with Gasteiger partial charge in [-0.05, 0) is 50.0 Å². The maximum atomic E-state index is 12.1. The molecule has 2 rings (SSSR count). The zero-order valence-corrected chi connectivity index (χ0v) is 13.2. The maximum Gasteiger partial charge on any atom is 0.345 e. The van der Waals surface area contributed by atoms with E-state index in [9.17, 15) is 4.79 Å². The number of aromatic nitrogens is 1. The third kappa shape index (κ3) is 3.16. The first-order valence-electron chi connectivity index (χ1n) is 6.84. The SMILES string of the molecule is CCOC(=O)c1c(N)nsc1N(CC)c1cccc(C)c1. The number of nitrogens with two attached hydrogens (primary N) is 1. The molecule has 0 atom stereocenters. The largest absolute Gasteiger partial charge is 0.462 e. The van der Waals surface area contributed by atoms with Crippen LogP contribution in [0.2, 0.25) is 0 Å². The third-order valence-corrected chi connectivity index (χ3v) is 3.94. The van der Waals surface area contributed by atoms with E-state index < -0.39 is 5.97 Å². The molecule has 6 heteroatoms. The van der Waals surface area contributed by atoms with Gasteiger partial charge in [-0.1, -0.05) is 12.1 Å². The average molecular weight is 305 g/mol. The molecule has 0 aliphatic rings. The first-order valence-corrected chi connectivity index (χ1v) is 7.62. The van der Waals surface area contributed by atoms with Crippen LogP contribution in [0, 0.1) is 6.92 Å². The molecular weight excluding hydrogens is 286 g/mol. The van der Waals surface area contributed by atoms with Crippen molar-refractivity contribution in [1.29, 1.82) is 0 Å². The molecule has 0 aliphatic carbocycles. The number of rotatable bonds is 5. The minimum Gasteiger partial charge on any atom is -0.462 e. The summed E-state index contributed by atoms with van der Waals surface area (Å²) >= 11 is 1.21. The lowest BCUT2D eigenvalue weighted by Gasteiger charge is -2.22. The predicted octanol–water partition coefficient (Wildman–Crippen LogP) is 3.37. The first kappa shape index (κ1) is 15.3. The Hall–Kier alpha value is -2.08. The average Bonchev–Trinajstić information content (AvgIpc) is 2.82. The molecule has 2 N–H and O–H groups in total. The monoisotopic (exact) mass is 305 g/mol. The Kier molecular flexibility index (Phi) is 4.80. The summed E-state index contributed by atoms with van der Waals surface area (Å²) in [5.74, 6) is -0.204. The number of aryl methyl sites for hydroxylation is 1. The molecule has 0 amide bonds. The van der Waals surface area contributed by atoms with E-state index in [2.05, 4.69) is 10.4 Å². The molecule has 1 aromatic heterocycles.